The van der Waals surface area contributed by atoms with Crippen LogP contribution in [-0.2, 0) is 4.79 Å². The Balaban J connectivity index is 2.68. The first-order valence-corrected chi connectivity index (χ1v) is 4.71. The van der Waals surface area contributed by atoms with Gasteiger partial charge >= 0.3 is 0 Å². The first-order valence-electron chi connectivity index (χ1n) is 4.71. The summed E-state index contributed by atoms with van der Waals surface area (Å²) in [4.78, 5) is 10.7. The van der Waals surface area contributed by atoms with Crippen LogP contribution in [0.3, 0.4) is 0 Å². The molecule has 1 unspecified atom stereocenters. The third kappa shape index (κ3) is 4.42. The molecule has 1 aromatic carbocycles. The fourth-order valence-electron chi connectivity index (χ4n) is 1.07. The van der Waals surface area contributed by atoms with E-state index >= 15 is 0 Å². The lowest BCUT2D eigenvalue weighted by Crippen LogP contribution is -2.09. The Morgan fingerprint density at radius 2 is 2.00 bits per heavy atom. The van der Waals surface area contributed by atoms with Crippen LogP contribution in [0.1, 0.15) is 19.4 Å². The van der Waals surface area contributed by atoms with Crippen molar-refractivity contribution in [2.24, 2.45) is 0 Å². The largest absolute Gasteiger partial charge is 0.465 e. The van der Waals surface area contributed by atoms with Crippen LogP contribution in [0, 0.1) is 0 Å². The van der Waals surface area contributed by atoms with Gasteiger partial charge in [-0.3, -0.25) is 4.79 Å². The van der Waals surface area contributed by atoms with Crippen LogP contribution in [0.2, 0.25) is 0 Å². The second-order valence-electron chi connectivity index (χ2n) is 3.23. The van der Waals surface area contributed by atoms with E-state index in [0.717, 1.165) is 5.56 Å². The van der Waals surface area contributed by atoms with Gasteiger partial charge in [-0.15, -0.1) is 0 Å². The summed E-state index contributed by atoms with van der Waals surface area (Å²) >= 11 is 0. The van der Waals surface area contributed by atoms with E-state index in [1.165, 1.54) is 13.0 Å². The number of aliphatic hydroxyl groups is 1. The monoisotopic (exact) mass is 206 g/mol. The predicted molar refractivity (Wildman–Crippen MR) is 58.5 cm³/mol. The van der Waals surface area contributed by atoms with E-state index in [0.29, 0.717) is 5.75 Å². The van der Waals surface area contributed by atoms with Crippen LogP contribution in [0.5, 0.6) is 5.75 Å². The summed E-state index contributed by atoms with van der Waals surface area (Å²) in [5.41, 5.74) is 0.920. The molecule has 0 heterocycles. The molecule has 15 heavy (non-hydrogen) atoms. The molecular formula is C12H14O3. The standard InChI is InChI=1S/C12H14O3/c1-9(13)3-4-11-5-7-12(8-6-11)15-10(2)14/h3-8,10,14H,1-2H3/b4-3+. The number of ether oxygens (including phenoxy) is 1. The summed E-state index contributed by atoms with van der Waals surface area (Å²) < 4.78 is 5.06. The molecule has 0 saturated heterocycles. The van der Waals surface area contributed by atoms with Gasteiger partial charge in [0.1, 0.15) is 5.75 Å². The molecule has 3 heteroatoms. The number of aliphatic hydroxyl groups excluding tert-OH is 1. The molecule has 1 aromatic rings. The van der Waals surface area contributed by atoms with Crippen molar-refractivity contribution in [2.75, 3.05) is 0 Å². The van der Waals surface area contributed by atoms with E-state index in [-0.39, 0.29) is 5.78 Å². The number of carbonyl (C=O) groups is 1. The minimum Gasteiger partial charge on any atom is -0.465 e. The second kappa shape index (κ2) is 5.32. The summed E-state index contributed by atoms with van der Waals surface area (Å²) in [5.74, 6) is 0.615. The minimum atomic E-state index is -0.816. The molecule has 0 amide bonds. The van der Waals surface area contributed by atoms with Crippen molar-refractivity contribution in [3.05, 3.63) is 35.9 Å². The summed E-state index contributed by atoms with van der Waals surface area (Å²) in [6, 6.07) is 7.12. The Morgan fingerprint density at radius 1 is 1.40 bits per heavy atom. The molecule has 80 valence electrons. The normalized spacial score (nSPS) is 12.7. The first-order chi connectivity index (χ1) is 7.08. The number of hydrogen-bond donors (Lipinski definition) is 1. The maximum absolute atomic E-state index is 10.7. The Kier molecular flexibility index (Phi) is 4.06. The average molecular weight is 206 g/mol. The van der Waals surface area contributed by atoms with Gasteiger partial charge in [-0.1, -0.05) is 18.2 Å². The lowest BCUT2D eigenvalue weighted by atomic mass is 10.2. The van der Waals surface area contributed by atoms with Crippen LogP contribution in [0.4, 0.5) is 0 Å². The Hall–Kier alpha value is -1.61. The van der Waals surface area contributed by atoms with Crippen LogP contribution in [-0.4, -0.2) is 17.2 Å². The molecule has 0 aliphatic heterocycles. The van der Waals surface area contributed by atoms with Gasteiger partial charge in [0.15, 0.2) is 12.1 Å². The van der Waals surface area contributed by atoms with Crippen molar-refractivity contribution in [3.8, 4) is 5.75 Å². The summed E-state index contributed by atoms with van der Waals surface area (Å²) in [6.07, 6.45) is 2.42. The SMILES string of the molecule is CC(=O)/C=C/c1ccc(OC(C)O)cc1. The molecule has 3 nitrogen and oxygen atoms in total. The molecule has 0 radical (unpaired) electrons. The summed E-state index contributed by atoms with van der Waals surface area (Å²) in [7, 11) is 0. The number of benzene rings is 1. The highest BCUT2D eigenvalue weighted by molar-refractivity contribution is 5.91. The van der Waals surface area contributed by atoms with E-state index < -0.39 is 6.29 Å². The molecule has 0 fully saturated rings. The van der Waals surface area contributed by atoms with Gasteiger partial charge in [0.2, 0.25) is 0 Å². The molecule has 1 rings (SSSR count). The zero-order valence-corrected chi connectivity index (χ0v) is 8.81. The van der Waals surface area contributed by atoms with Crippen LogP contribution in [0.15, 0.2) is 30.3 Å². The summed E-state index contributed by atoms with van der Waals surface area (Å²) in [5, 5.41) is 8.97. The van der Waals surface area contributed by atoms with Crippen molar-refractivity contribution in [1.82, 2.24) is 0 Å². The van der Waals surface area contributed by atoms with Crippen molar-refractivity contribution in [2.45, 2.75) is 20.1 Å². The zero-order valence-electron chi connectivity index (χ0n) is 8.81. The van der Waals surface area contributed by atoms with E-state index in [1.54, 1.807) is 25.1 Å². The van der Waals surface area contributed by atoms with Crippen molar-refractivity contribution >= 4 is 11.9 Å². The number of hydrogen-bond acceptors (Lipinski definition) is 3. The fraction of sp³-hybridized carbons (Fsp3) is 0.250. The maximum Gasteiger partial charge on any atom is 0.194 e. The minimum absolute atomic E-state index is 0.0132. The van der Waals surface area contributed by atoms with Gasteiger partial charge < -0.3 is 9.84 Å². The smallest absolute Gasteiger partial charge is 0.194 e. The van der Waals surface area contributed by atoms with E-state index in [2.05, 4.69) is 0 Å². The Labute approximate surface area is 89.0 Å². The number of allylic oxidation sites excluding steroid dienone is 1. The topological polar surface area (TPSA) is 46.5 Å². The van der Waals surface area contributed by atoms with Crippen LogP contribution >= 0.6 is 0 Å². The van der Waals surface area contributed by atoms with Gasteiger partial charge in [-0.05, 0) is 37.6 Å². The van der Waals surface area contributed by atoms with Crippen molar-refractivity contribution in [1.29, 1.82) is 0 Å². The van der Waals surface area contributed by atoms with E-state index in [9.17, 15) is 4.79 Å². The molecule has 0 spiro atoms. The molecular weight excluding hydrogens is 192 g/mol. The lowest BCUT2D eigenvalue weighted by molar-refractivity contribution is -0.112. The van der Waals surface area contributed by atoms with Gasteiger partial charge in [0.25, 0.3) is 0 Å². The summed E-state index contributed by atoms with van der Waals surface area (Å²) in [6.45, 7) is 3.05. The fourth-order valence-corrected chi connectivity index (χ4v) is 1.07. The molecule has 0 aromatic heterocycles. The molecule has 0 bridgehead atoms. The van der Waals surface area contributed by atoms with Gasteiger partial charge in [-0.2, -0.15) is 0 Å². The van der Waals surface area contributed by atoms with Crippen LogP contribution < -0.4 is 4.74 Å². The second-order valence-corrected chi connectivity index (χ2v) is 3.23. The van der Waals surface area contributed by atoms with Gasteiger partial charge in [-0.25, -0.2) is 0 Å². The van der Waals surface area contributed by atoms with Gasteiger partial charge in [0, 0.05) is 0 Å². The first kappa shape index (κ1) is 11.5. The lowest BCUT2D eigenvalue weighted by Gasteiger charge is -2.07. The molecule has 1 atom stereocenters. The van der Waals surface area contributed by atoms with Crippen LogP contribution in [0.25, 0.3) is 6.08 Å². The molecule has 0 aliphatic rings. The third-order valence-electron chi connectivity index (χ3n) is 1.70. The van der Waals surface area contributed by atoms with Crippen molar-refractivity contribution in [3.63, 3.8) is 0 Å². The van der Waals surface area contributed by atoms with Crippen molar-refractivity contribution < 1.29 is 14.6 Å². The highest BCUT2D eigenvalue weighted by atomic mass is 16.6. The quantitative estimate of drug-likeness (QED) is 0.605. The Bertz CT molecular complexity index is 350. The van der Waals surface area contributed by atoms with Gasteiger partial charge in [0.05, 0.1) is 0 Å². The highest BCUT2D eigenvalue weighted by Gasteiger charge is 1.97. The third-order valence-corrected chi connectivity index (χ3v) is 1.70. The number of rotatable bonds is 4. The maximum atomic E-state index is 10.7. The Morgan fingerprint density at radius 3 is 2.47 bits per heavy atom. The molecule has 1 N–H and O–H groups in total. The predicted octanol–water partition coefficient (Wildman–Crippen LogP) is 2.01. The highest BCUT2D eigenvalue weighted by Crippen LogP contribution is 2.14. The molecule has 0 aliphatic carbocycles. The van der Waals surface area contributed by atoms with E-state index in [4.69, 9.17) is 9.84 Å². The average Bonchev–Trinajstić information content (AvgIpc) is 2.16. The van der Waals surface area contributed by atoms with E-state index in [1.807, 2.05) is 12.1 Å². The number of ketones is 1. The molecule has 0 saturated carbocycles. The zero-order chi connectivity index (χ0) is 11.3. The number of carbonyl (C=O) groups excluding carboxylic acids is 1.